The van der Waals surface area contributed by atoms with E-state index >= 15 is 0 Å². The van der Waals surface area contributed by atoms with E-state index in [0.29, 0.717) is 6.42 Å². The van der Waals surface area contributed by atoms with E-state index in [-0.39, 0.29) is 18.1 Å². The fourth-order valence-corrected chi connectivity index (χ4v) is 3.03. The van der Waals surface area contributed by atoms with Crippen LogP contribution in [0.25, 0.3) is 0 Å². The Balaban J connectivity index is 1.82. The molecule has 0 aromatic carbocycles. The monoisotopic (exact) mass is 294 g/mol. The minimum atomic E-state index is -0.853. The summed E-state index contributed by atoms with van der Waals surface area (Å²) in [6, 6.07) is 3.47. The van der Waals surface area contributed by atoms with Crippen LogP contribution in [0.2, 0.25) is 0 Å². The largest absolute Gasteiger partial charge is 0.481 e. The molecule has 3 unspecified atom stereocenters. The lowest BCUT2D eigenvalue weighted by molar-refractivity contribution is -0.140. The molecule has 20 heavy (non-hydrogen) atoms. The van der Waals surface area contributed by atoms with E-state index in [9.17, 15) is 9.59 Å². The summed E-state index contributed by atoms with van der Waals surface area (Å²) in [5.41, 5.74) is 0. The van der Waals surface area contributed by atoms with Gasteiger partial charge in [0.25, 0.3) is 0 Å². The number of carbonyl (C=O) groups is 2. The average Bonchev–Trinajstić information content (AvgIpc) is 2.98. The van der Waals surface area contributed by atoms with Crippen LogP contribution in [0.1, 0.15) is 29.1 Å². The summed E-state index contributed by atoms with van der Waals surface area (Å²) < 4.78 is 0. The predicted molar refractivity (Wildman–Crippen MR) is 77.8 cm³/mol. The standard InChI is InChI=1S/C14H18N2O3S/c1-8-3-6-12(20-8)9(2)15-14(19)16-11-5-4-10(7-11)13(17)18/h3-6,9-11H,7H2,1-2H3,(H,17,18)(H2,15,16,19). The van der Waals surface area contributed by atoms with Crippen LogP contribution >= 0.6 is 11.3 Å². The fraction of sp³-hybridized carbons (Fsp3) is 0.429. The second-order valence-electron chi connectivity index (χ2n) is 4.96. The number of hydrogen-bond acceptors (Lipinski definition) is 3. The van der Waals surface area contributed by atoms with E-state index < -0.39 is 11.9 Å². The topological polar surface area (TPSA) is 78.4 Å². The molecule has 1 aliphatic rings. The number of nitrogens with one attached hydrogen (secondary N) is 2. The number of aryl methyl sites for hydroxylation is 1. The first-order valence-corrected chi connectivity index (χ1v) is 7.32. The Morgan fingerprint density at radius 3 is 2.70 bits per heavy atom. The molecule has 108 valence electrons. The van der Waals surface area contributed by atoms with Crippen molar-refractivity contribution in [3.63, 3.8) is 0 Å². The van der Waals surface area contributed by atoms with Gasteiger partial charge in [-0.15, -0.1) is 11.3 Å². The van der Waals surface area contributed by atoms with E-state index in [1.165, 1.54) is 4.88 Å². The minimum Gasteiger partial charge on any atom is -0.481 e. The molecule has 0 aliphatic heterocycles. The Morgan fingerprint density at radius 2 is 2.15 bits per heavy atom. The highest BCUT2D eigenvalue weighted by Crippen LogP contribution is 2.22. The van der Waals surface area contributed by atoms with Crippen molar-refractivity contribution in [2.24, 2.45) is 5.92 Å². The zero-order valence-electron chi connectivity index (χ0n) is 11.4. The van der Waals surface area contributed by atoms with Gasteiger partial charge in [0.2, 0.25) is 0 Å². The van der Waals surface area contributed by atoms with Crippen LogP contribution in [0.15, 0.2) is 24.3 Å². The number of aliphatic carboxylic acids is 1. The SMILES string of the molecule is Cc1ccc(C(C)NC(=O)NC2C=CC(C(=O)O)C2)s1. The van der Waals surface area contributed by atoms with Gasteiger partial charge in [0.1, 0.15) is 0 Å². The third-order valence-corrected chi connectivity index (χ3v) is 4.44. The first-order chi connectivity index (χ1) is 9.45. The Bertz CT molecular complexity index is 538. The van der Waals surface area contributed by atoms with Gasteiger partial charge in [0.15, 0.2) is 0 Å². The van der Waals surface area contributed by atoms with Crippen LogP contribution in [0.5, 0.6) is 0 Å². The van der Waals surface area contributed by atoms with Gasteiger partial charge in [-0.1, -0.05) is 12.2 Å². The number of carbonyl (C=O) groups excluding carboxylic acids is 1. The van der Waals surface area contributed by atoms with Crippen LogP contribution < -0.4 is 10.6 Å². The Kier molecular flexibility index (Phi) is 4.44. The predicted octanol–water partition coefficient (Wildman–Crippen LogP) is 2.45. The van der Waals surface area contributed by atoms with E-state index in [1.54, 1.807) is 23.5 Å². The summed E-state index contributed by atoms with van der Waals surface area (Å²) >= 11 is 1.65. The molecule has 1 heterocycles. The van der Waals surface area contributed by atoms with Crippen molar-refractivity contribution in [1.82, 2.24) is 10.6 Å². The van der Waals surface area contributed by atoms with Crippen molar-refractivity contribution in [2.75, 3.05) is 0 Å². The maximum absolute atomic E-state index is 11.9. The van der Waals surface area contributed by atoms with Crippen LogP contribution in [-0.2, 0) is 4.79 Å². The molecule has 1 aromatic rings. The lowest BCUT2D eigenvalue weighted by atomic mass is 10.1. The zero-order chi connectivity index (χ0) is 14.7. The Labute approximate surface area is 121 Å². The normalized spacial score (nSPS) is 22.5. The molecule has 0 saturated heterocycles. The van der Waals surface area contributed by atoms with Crippen molar-refractivity contribution in [3.05, 3.63) is 34.0 Å². The average molecular weight is 294 g/mol. The van der Waals surface area contributed by atoms with Crippen molar-refractivity contribution >= 4 is 23.3 Å². The van der Waals surface area contributed by atoms with E-state index in [4.69, 9.17) is 5.11 Å². The molecule has 3 atom stereocenters. The molecule has 0 fully saturated rings. The molecular weight excluding hydrogens is 276 g/mol. The third-order valence-electron chi connectivity index (χ3n) is 3.25. The lowest BCUT2D eigenvalue weighted by Crippen LogP contribution is -2.41. The van der Waals surface area contributed by atoms with Gasteiger partial charge in [-0.05, 0) is 32.4 Å². The van der Waals surface area contributed by atoms with Crippen LogP contribution in [0, 0.1) is 12.8 Å². The lowest BCUT2D eigenvalue weighted by Gasteiger charge is -2.16. The van der Waals surface area contributed by atoms with Crippen LogP contribution in [0.4, 0.5) is 4.79 Å². The summed E-state index contributed by atoms with van der Waals surface area (Å²) in [6.07, 6.45) is 3.77. The first kappa shape index (κ1) is 14.6. The number of carboxylic acids is 1. The van der Waals surface area contributed by atoms with Gasteiger partial charge in [-0.2, -0.15) is 0 Å². The zero-order valence-corrected chi connectivity index (χ0v) is 12.2. The smallest absolute Gasteiger partial charge is 0.315 e. The summed E-state index contributed by atoms with van der Waals surface area (Å²) in [6.45, 7) is 3.95. The molecule has 3 N–H and O–H groups in total. The van der Waals surface area contributed by atoms with Gasteiger partial charge in [0, 0.05) is 9.75 Å². The molecule has 6 heteroatoms. The Morgan fingerprint density at radius 1 is 1.40 bits per heavy atom. The maximum Gasteiger partial charge on any atom is 0.315 e. The van der Waals surface area contributed by atoms with Crippen molar-refractivity contribution < 1.29 is 14.7 Å². The van der Waals surface area contributed by atoms with Gasteiger partial charge in [0.05, 0.1) is 18.0 Å². The second kappa shape index (κ2) is 6.09. The molecule has 0 radical (unpaired) electrons. The molecule has 0 bridgehead atoms. The summed E-state index contributed by atoms with van der Waals surface area (Å²) in [5, 5.41) is 14.5. The summed E-state index contributed by atoms with van der Waals surface area (Å²) in [4.78, 5) is 25.0. The quantitative estimate of drug-likeness (QED) is 0.746. The summed E-state index contributed by atoms with van der Waals surface area (Å²) in [7, 11) is 0. The molecule has 5 nitrogen and oxygen atoms in total. The molecule has 0 spiro atoms. The summed E-state index contributed by atoms with van der Waals surface area (Å²) in [5.74, 6) is -1.36. The van der Waals surface area contributed by atoms with Crippen molar-refractivity contribution in [2.45, 2.75) is 32.4 Å². The van der Waals surface area contributed by atoms with Gasteiger partial charge >= 0.3 is 12.0 Å². The van der Waals surface area contributed by atoms with Crippen molar-refractivity contribution in [1.29, 1.82) is 0 Å². The highest BCUT2D eigenvalue weighted by molar-refractivity contribution is 7.12. The van der Waals surface area contributed by atoms with Crippen LogP contribution in [0.3, 0.4) is 0 Å². The molecule has 2 amide bonds. The molecule has 0 saturated carbocycles. The number of rotatable bonds is 4. The molecule has 1 aromatic heterocycles. The minimum absolute atomic E-state index is 0.0608. The number of carboxylic acid groups (broad SMARTS) is 1. The number of urea groups is 1. The van der Waals surface area contributed by atoms with Gasteiger partial charge in [-0.25, -0.2) is 4.79 Å². The highest BCUT2D eigenvalue weighted by atomic mass is 32.1. The molecule has 1 aliphatic carbocycles. The maximum atomic E-state index is 11.9. The second-order valence-corrected chi connectivity index (χ2v) is 6.28. The van der Waals surface area contributed by atoms with Gasteiger partial charge < -0.3 is 15.7 Å². The number of thiophene rings is 1. The Hall–Kier alpha value is -1.82. The molecule has 2 rings (SSSR count). The number of amides is 2. The van der Waals surface area contributed by atoms with Crippen molar-refractivity contribution in [3.8, 4) is 0 Å². The van der Waals surface area contributed by atoms with E-state index in [2.05, 4.69) is 10.6 Å². The van der Waals surface area contributed by atoms with Crippen LogP contribution in [-0.4, -0.2) is 23.1 Å². The van der Waals surface area contributed by atoms with Gasteiger partial charge in [-0.3, -0.25) is 4.79 Å². The fourth-order valence-electron chi connectivity index (χ4n) is 2.15. The third kappa shape index (κ3) is 3.60. The first-order valence-electron chi connectivity index (χ1n) is 6.50. The highest BCUT2D eigenvalue weighted by Gasteiger charge is 2.25. The van der Waals surface area contributed by atoms with E-state index in [0.717, 1.165) is 4.88 Å². The number of hydrogen-bond donors (Lipinski definition) is 3. The van der Waals surface area contributed by atoms with E-state index in [1.807, 2.05) is 26.0 Å². The molecular formula is C14H18N2O3S.